The fourth-order valence-electron chi connectivity index (χ4n) is 0. The van der Waals surface area contributed by atoms with Crippen LogP contribution in [-0.2, 0) is 4.79 Å². The first kappa shape index (κ1) is 23.7. The van der Waals surface area contributed by atoms with Crippen LogP contribution in [0, 0.1) is 0 Å². The van der Waals surface area contributed by atoms with Gasteiger partial charge in [0.05, 0.1) is 0 Å². The first-order chi connectivity index (χ1) is 1.41. The zero-order valence-electron chi connectivity index (χ0n) is 4.43. The van der Waals surface area contributed by atoms with Crippen molar-refractivity contribution in [3.63, 3.8) is 0 Å². The van der Waals surface area contributed by atoms with E-state index in [2.05, 4.69) is 0 Å². The average Bonchev–Trinajstić information content (AvgIpc) is 0.918. The van der Waals surface area contributed by atoms with Crippen molar-refractivity contribution in [1.29, 1.82) is 0 Å². The van der Waals surface area contributed by atoms with E-state index >= 15 is 0 Å². The summed E-state index contributed by atoms with van der Waals surface area (Å²) in [5.41, 5.74) is 0. The molecule has 0 aromatic rings. The molecule has 6 heavy (non-hydrogen) atoms. The minimum Gasteiger partial charge on any atom is -0.483 e. The first-order valence-electron chi connectivity index (χ1n) is 0.494. The molecule has 21 valence electrons. The number of hydrogen-bond acceptors (Lipinski definition) is 1. The van der Waals surface area contributed by atoms with E-state index in [9.17, 15) is 0 Å². The van der Waals surface area contributed by atoms with Crippen molar-refractivity contribution in [3.8, 4) is 0 Å². The molecule has 1 N–H and O–H groups in total. The Kier molecular flexibility index (Phi) is 102. The topological polar surface area (TPSA) is 37.3 Å². The van der Waals surface area contributed by atoms with Crippen LogP contribution in [0.5, 0.6) is 0 Å². The molecule has 2 nitrogen and oxygen atoms in total. The third-order valence-corrected chi connectivity index (χ3v) is 0. The third-order valence-electron chi connectivity index (χ3n) is 0. The predicted octanol–water partition coefficient (Wildman–Crippen LogP) is -1.44. The molecule has 0 spiro atoms. The Morgan fingerprint density at radius 2 is 1.17 bits per heavy atom. The molecule has 0 aliphatic heterocycles. The quantitative estimate of drug-likeness (QED) is 0.310. The van der Waals surface area contributed by atoms with Gasteiger partial charge in [-0.15, -0.1) is 0 Å². The zero-order chi connectivity index (χ0) is 2.71. The normalized spacial score (nSPS) is 2.00. The Morgan fingerprint density at radius 1 is 1.17 bits per heavy atom. The molecular formula is CH2Na3O2. The SMILES string of the molecule is O=CO.[Na].[Na].[Na]. The van der Waals surface area contributed by atoms with Gasteiger partial charge in [-0.05, 0) is 0 Å². The van der Waals surface area contributed by atoms with Gasteiger partial charge in [-0.25, -0.2) is 0 Å². The van der Waals surface area contributed by atoms with Crippen LogP contribution in [0.2, 0.25) is 0 Å². The number of carbonyl (C=O) groups is 1. The second kappa shape index (κ2) is 26.0. The van der Waals surface area contributed by atoms with Crippen LogP contribution in [0.1, 0.15) is 0 Å². The van der Waals surface area contributed by atoms with Crippen LogP contribution in [0.15, 0.2) is 0 Å². The van der Waals surface area contributed by atoms with Crippen molar-refractivity contribution in [1.82, 2.24) is 0 Å². The number of hydrogen-bond donors (Lipinski definition) is 1. The van der Waals surface area contributed by atoms with Gasteiger partial charge in [-0.1, -0.05) is 0 Å². The van der Waals surface area contributed by atoms with Gasteiger partial charge >= 0.3 is 0 Å². The van der Waals surface area contributed by atoms with Crippen molar-refractivity contribution in [2.75, 3.05) is 0 Å². The maximum atomic E-state index is 8.36. The van der Waals surface area contributed by atoms with E-state index in [1.807, 2.05) is 0 Å². The minimum absolute atomic E-state index is 0. The molecule has 0 aromatic carbocycles. The molecule has 0 rings (SSSR count). The summed E-state index contributed by atoms with van der Waals surface area (Å²) in [5, 5.41) is 6.89. The van der Waals surface area contributed by atoms with E-state index in [1.54, 1.807) is 0 Å². The molecule has 0 saturated carbocycles. The van der Waals surface area contributed by atoms with E-state index in [1.165, 1.54) is 0 Å². The summed E-state index contributed by atoms with van der Waals surface area (Å²) in [6, 6.07) is 0. The van der Waals surface area contributed by atoms with Gasteiger partial charge in [-0.2, -0.15) is 0 Å². The fourth-order valence-corrected chi connectivity index (χ4v) is 0. The van der Waals surface area contributed by atoms with Crippen molar-refractivity contribution < 1.29 is 9.90 Å². The molecule has 0 aliphatic carbocycles. The fraction of sp³-hybridized carbons (Fsp3) is 0. The molecule has 3 radical (unpaired) electrons. The van der Waals surface area contributed by atoms with E-state index in [-0.39, 0.29) is 95.1 Å². The summed E-state index contributed by atoms with van der Waals surface area (Å²) in [5.74, 6) is 0. The summed E-state index contributed by atoms with van der Waals surface area (Å²) >= 11 is 0. The summed E-state index contributed by atoms with van der Waals surface area (Å²) in [6.45, 7) is -0.250. The summed E-state index contributed by atoms with van der Waals surface area (Å²) < 4.78 is 0. The molecule has 0 atom stereocenters. The Bertz CT molecular complexity index is 16.3. The van der Waals surface area contributed by atoms with Gasteiger partial charge in [0, 0.05) is 88.7 Å². The maximum absolute atomic E-state index is 8.36. The molecule has 0 amide bonds. The van der Waals surface area contributed by atoms with E-state index in [0.29, 0.717) is 0 Å². The van der Waals surface area contributed by atoms with Gasteiger partial charge < -0.3 is 5.11 Å². The van der Waals surface area contributed by atoms with Gasteiger partial charge in [-0.3, -0.25) is 4.79 Å². The van der Waals surface area contributed by atoms with Crippen LogP contribution in [0.3, 0.4) is 0 Å². The molecule has 0 aromatic heterocycles. The standard InChI is InChI=1S/CH2O2.3Na/c2-1-3;;;/h1H,(H,2,3);;;. The summed E-state index contributed by atoms with van der Waals surface area (Å²) in [6.07, 6.45) is 0. The van der Waals surface area contributed by atoms with Crippen LogP contribution in [-0.4, -0.2) is 100 Å². The zero-order valence-corrected chi connectivity index (χ0v) is 10.4. The second-order valence-corrected chi connectivity index (χ2v) is 0.105. The monoisotopic (exact) mass is 115 g/mol. The van der Waals surface area contributed by atoms with Gasteiger partial charge in [0.2, 0.25) is 0 Å². The van der Waals surface area contributed by atoms with Gasteiger partial charge in [0.25, 0.3) is 6.47 Å². The number of rotatable bonds is 0. The molecule has 5 heteroatoms. The molecule has 0 heterocycles. The van der Waals surface area contributed by atoms with E-state index in [0.717, 1.165) is 0 Å². The molecule has 0 aliphatic rings. The Balaban J connectivity index is -0.00000000667. The smallest absolute Gasteiger partial charge is 0.290 e. The second-order valence-electron chi connectivity index (χ2n) is 0.105. The van der Waals surface area contributed by atoms with Crippen molar-refractivity contribution in [2.24, 2.45) is 0 Å². The average molecular weight is 115 g/mol. The van der Waals surface area contributed by atoms with Crippen LogP contribution in [0.4, 0.5) is 0 Å². The Labute approximate surface area is 103 Å². The molecular weight excluding hydrogens is 113 g/mol. The van der Waals surface area contributed by atoms with E-state index < -0.39 is 0 Å². The predicted molar refractivity (Wildman–Crippen MR) is 26.0 cm³/mol. The van der Waals surface area contributed by atoms with Crippen LogP contribution in [0.25, 0.3) is 0 Å². The summed E-state index contributed by atoms with van der Waals surface area (Å²) in [7, 11) is 0. The first-order valence-corrected chi connectivity index (χ1v) is 0.494. The molecule has 0 unspecified atom stereocenters. The van der Waals surface area contributed by atoms with Crippen molar-refractivity contribution in [2.45, 2.75) is 0 Å². The van der Waals surface area contributed by atoms with Crippen LogP contribution >= 0.6 is 0 Å². The molecule has 0 bridgehead atoms. The molecule has 0 saturated heterocycles. The van der Waals surface area contributed by atoms with Crippen molar-refractivity contribution in [3.05, 3.63) is 0 Å². The van der Waals surface area contributed by atoms with Gasteiger partial charge in [0.15, 0.2) is 0 Å². The molecule has 0 fully saturated rings. The Morgan fingerprint density at radius 3 is 1.17 bits per heavy atom. The largest absolute Gasteiger partial charge is 0.483 e. The maximum Gasteiger partial charge on any atom is 0.290 e. The number of carboxylic acid groups (broad SMARTS) is 1. The Hall–Kier alpha value is 2.47. The third kappa shape index (κ3) is 31.7. The van der Waals surface area contributed by atoms with Crippen LogP contribution < -0.4 is 0 Å². The van der Waals surface area contributed by atoms with Crippen molar-refractivity contribution >= 4 is 95.1 Å². The van der Waals surface area contributed by atoms with E-state index in [4.69, 9.17) is 9.90 Å². The minimum atomic E-state index is -0.250. The van der Waals surface area contributed by atoms with Gasteiger partial charge in [0.1, 0.15) is 0 Å². The summed E-state index contributed by atoms with van der Waals surface area (Å²) in [4.78, 5) is 8.36.